The first-order valence-corrected chi connectivity index (χ1v) is 8.66. The van der Waals surface area contributed by atoms with Gasteiger partial charge in [-0.05, 0) is 32.6 Å². The van der Waals surface area contributed by atoms with Gasteiger partial charge in [-0.25, -0.2) is 0 Å². The molecule has 0 aromatic carbocycles. The molecular formula is C17H24N4O2. The molecule has 6 nitrogen and oxygen atoms in total. The highest BCUT2D eigenvalue weighted by molar-refractivity contribution is 5.88. The van der Waals surface area contributed by atoms with Crippen LogP contribution in [-0.2, 0) is 4.74 Å². The van der Waals surface area contributed by atoms with Crippen LogP contribution in [0.25, 0.3) is 10.9 Å². The number of morpholine rings is 1. The third-order valence-electron chi connectivity index (χ3n) is 4.84. The predicted molar refractivity (Wildman–Crippen MR) is 89.2 cm³/mol. The Hall–Kier alpha value is -1.82. The third-order valence-corrected chi connectivity index (χ3v) is 4.84. The summed E-state index contributed by atoms with van der Waals surface area (Å²) in [5.41, 5.74) is 1.96. The van der Waals surface area contributed by atoms with Crippen molar-refractivity contribution in [1.29, 1.82) is 0 Å². The molecule has 0 amide bonds. The van der Waals surface area contributed by atoms with E-state index in [1.807, 2.05) is 6.92 Å². The lowest BCUT2D eigenvalue weighted by Crippen LogP contribution is -2.36. The van der Waals surface area contributed by atoms with Gasteiger partial charge in [0.15, 0.2) is 0 Å². The van der Waals surface area contributed by atoms with E-state index in [-0.39, 0.29) is 6.10 Å². The quantitative estimate of drug-likeness (QED) is 0.943. The average molecular weight is 316 g/mol. The number of aromatic amines is 1. The monoisotopic (exact) mass is 316 g/mol. The second kappa shape index (κ2) is 6.35. The molecule has 124 valence electrons. The fourth-order valence-corrected chi connectivity index (χ4v) is 3.52. The van der Waals surface area contributed by atoms with Crippen LogP contribution in [0.1, 0.15) is 37.8 Å². The van der Waals surface area contributed by atoms with Gasteiger partial charge < -0.3 is 14.4 Å². The van der Waals surface area contributed by atoms with Crippen molar-refractivity contribution in [2.75, 3.05) is 31.2 Å². The van der Waals surface area contributed by atoms with Gasteiger partial charge in [-0.2, -0.15) is 10.1 Å². The molecule has 0 atom stereocenters. The first-order valence-electron chi connectivity index (χ1n) is 8.66. The Morgan fingerprint density at radius 3 is 2.78 bits per heavy atom. The summed E-state index contributed by atoms with van der Waals surface area (Å²) in [6, 6.07) is 2.05. The number of pyridine rings is 1. The zero-order valence-corrected chi connectivity index (χ0v) is 13.7. The minimum atomic E-state index is 0.286. The Bertz CT molecular complexity index is 673. The standard InChI is InChI=1S/C17H24N4O2/c1-12-16-14(20-19-12)11-15(21-7-9-22-10-8-21)18-17(16)23-13-5-3-2-4-6-13/h11,13H,2-10H2,1H3,(H,19,20). The summed E-state index contributed by atoms with van der Waals surface area (Å²) in [5.74, 6) is 1.68. The summed E-state index contributed by atoms with van der Waals surface area (Å²) in [7, 11) is 0. The Labute approximate surface area is 136 Å². The number of hydrogen-bond donors (Lipinski definition) is 1. The van der Waals surface area contributed by atoms with Gasteiger partial charge in [0.2, 0.25) is 5.88 Å². The van der Waals surface area contributed by atoms with Gasteiger partial charge >= 0.3 is 0 Å². The molecule has 23 heavy (non-hydrogen) atoms. The largest absolute Gasteiger partial charge is 0.474 e. The SMILES string of the molecule is Cc1[nH]nc2cc(N3CCOCC3)nc(OC3CCCCC3)c12. The fourth-order valence-electron chi connectivity index (χ4n) is 3.52. The Balaban J connectivity index is 1.68. The summed E-state index contributed by atoms with van der Waals surface area (Å²) in [6.45, 7) is 5.25. The number of H-pyrrole nitrogens is 1. The van der Waals surface area contributed by atoms with E-state index < -0.39 is 0 Å². The first-order chi connectivity index (χ1) is 11.3. The van der Waals surface area contributed by atoms with E-state index in [1.165, 1.54) is 19.3 Å². The Morgan fingerprint density at radius 1 is 1.22 bits per heavy atom. The lowest BCUT2D eigenvalue weighted by molar-refractivity contribution is 0.122. The second-order valence-corrected chi connectivity index (χ2v) is 6.51. The van der Waals surface area contributed by atoms with Crippen LogP contribution in [0.5, 0.6) is 5.88 Å². The summed E-state index contributed by atoms with van der Waals surface area (Å²) < 4.78 is 11.8. The molecule has 0 spiro atoms. The van der Waals surface area contributed by atoms with Crippen molar-refractivity contribution in [3.63, 3.8) is 0 Å². The minimum absolute atomic E-state index is 0.286. The Kier molecular flexibility index (Phi) is 4.08. The van der Waals surface area contributed by atoms with E-state index in [0.29, 0.717) is 0 Å². The smallest absolute Gasteiger partial charge is 0.227 e. The lowest BCUT2D eigenvalue weighted by atomic mass is 9.98. The zero-order valence-electron chi connectivity index (χ0n) is 13.7. The summed E-state index contributed by atoms with van der Waals surface area (Å²) in [6.07, 6.45) is 6.36. The predicted octanol–water partition coefficient (Wildman–Crippen LogP) is 2.81. The molecule has 1 aliphatic carbocycles. The van der Waals surface area contributed by atoms with Crippen LogP contribution in [0.3, 0.4) is 0 Å². The van der Waals surface area contributed by atoms with E-state index in [4.69, 9.17) is 14.5 Å². The molecule has 6 heteroatoms. The molecule has 0 bridgehead atoms. The van der Waals surface area contributed by atoms with Gasteiger partial charge in [-0.15, -0.1) is 0 Å². The molecule has 3 heterocycles. The van der Waals surface area contributed by atoms with Crippen LogP contribution in [0.2, 0.25) is 0 Å². The number of nitrogens with zero attached hydrogens (tertiary/aromatic N) is 3. The van der Waals surface area contributed by atoms with Crippen molar-refractivity contribution >= 4 is 16.7 Å². The molecule has 1 aliphatic heterocycles. The summed E-state index contributed by atoms with van der Waals surface area (Å²) in [5, 5.41) is 8.52. The number of ether oxygens (including phenoxy) is 2. The molecule has 0 radical (unpaired) electrons. The highest BCUT2D eigenvalue weighted by Crippen LogP contribution is 2.32. The van der Waals surface area contributed by atoms with E-state index in [1.54, 1.807) is 0 Å². The fraction of sp³-hybridized carbons (Fsp3) is 0.647. The van der Waals surface area contributed by atoms with E-state index >= 15 is 0 Å². The van der Waals surface area contributed by atoms with Gasteiger partial charge in [0.05, 0.1) is 18.6 Å². The third kappa shape index (κ3) is 3.00. The number of aryl methyl sites for hydroxylation is 1. The van der Waals surface area contributed by atoms with Crippen molar-refractivity contribution in [2.24, 2.45) is 0 Å². The highest BCUT2D eigenvalue weighted by atomic mass is 16.5. The topological polar surface area (TPSA) is 63.3 Å². The first kappa shape index (κ1) is 14.8. The van der Waals surface area contributed by atoms with Crippen LogP contribution >= 0.6 is 0 Å². The van der Waals surface area contributed by atoms with Gasteiger partial charge in [-0.1, -0.05) is 6.42 Å². The molecule has 2 fully saturated rings. The molecule has 2 aromatic heterocycles. The van der Waals surface area contributed by atoms with E-state index in [9.17, 15) is 0 Å². The number of rotatable bonds is 3. The molecular weight excluding hydrogens is 292 g/mol. The van der Waals surface area contributed by atoms with Crippen LogP contribution in [0, 0.1) is 6.92 Å². The maximum Gasteiger partial charge on any atom is 0.227 e. The average Bonchev–Trinajstić information content (AvgIpc) is 2.98. The minimum Gasteiger partial charge on any atom is -0.474 e. The molecule has 1 saturated carbocycles. The Morgan fingerprint density at radius 2 is 2.00 bits per heavy atom. The maximum atomic E-state index is 6.31. The van der Waals surface area contributed by atoms with Gasteiger partial charge in [-0.3, -0.25) is 5.10 Å². The molecule has 0 unspecified atom stereocenters. The van der Waals surface area contributed by atoms with Crippen molar-refractivity contribution in [3.05, 3.63) is 11.8 Å². The number of fused-ring (bicyclic) bond motifs is 1. The van der Waals surface area contributed by atoms with Crippen LogP contribution < -0.4 is 9.64 Å². The van der Waals surface area contributed by atoms with Crippen LogP contribution in [0.15, 0.2) is 6.07 Å². The van der Waals surface area contributed by atoms with E-state index in [0.717, 1.165) is 67.4 Å². The number of aromatic nitrogens is 3. The highest BCUT2D eigenvalue weighted by Gasteiger charge is 2.21. The van der Waals surface area contributed by atoms with Crippen LogP contribution in [-0.4, -0.2) is 47.6 Å². The maximum absolute atomic E-state index is 6.31. The molecule has 2 aromatic rings. The zero-order chi connectivity index (χ0) is 15.6. The normalized spacial score (nSPS) is 20.1. The van der Waals surface area contributed by atoms with Gasteiger partial charge in [0.25, 0.3) is 0 Å². The summed E-state index contributed by atoms with van der Waals surface area (Å²) in [4.78, 5) is 7.09. The molecule has 4 rings (SSSR count). The van der Waals surface area contributed by atoms with Gasteiger partial charge in [0, 0.05) is 24.8 Å². The number of anilines is 1. The van der Waals surface area contributed by atoms with E-state index in [2.05, 4.69) is 21.2 Å². The summed E-state index contributed by atoms with van der Waals surface area (Å²) >= 11 is 0. The number of hydrogen-bond acceptors (Lipinski definition) is 5. The van der Waals surface area contributed by atoms with Crippen LogP contribution in [0.4, 0.5) is 5.82 Å². The van der Waals surface area contributed by atoms with Gasteiger partial charge in [0.1, 0.15) is 17.4 Å². The lowest BCUT2D eigenvalue weighted by Gasteiger charge is -2.29. The molecule has 1 saturated heterocycles. The second-order valence-electron chi connectivity index (χ2n) is 6.51. The molecule has 1 N–H and O–H groups in total. The van der Waals surface area contributed by atoms with Crippen molar-refractivity contribution in [3.8, 4) is 5.88 Å². The van der Waals surface area contributed by atoms with Crippen molar-refractivity contribution < 1.29 is 9.47 Å². The van der Waals surface area contributed by atoms with Crippen molar-refractivity contribution in [2.45, 2.75) is 45.1 Å². The van der Waals surface area contributed by atoms with Crippen molar-refractivity contribution in [1.82, 2.24) is 15.2 Å². The number of nitrogens with one attached hydrogen (secondary N) is 1. The molecule has 2 aliphatic rings.